The van der Waals surface area contributed by atoms with Crippen molar-refractivity contribution in [3.05, 3.63) is 80.0 Å². The number of benzene rings is 2. The van der Waals surface area contributed by atoms with Crippen LogP contribution >= 0.6 is 39.1 Å². The van der Waals surface area contributed by atoms with E-state index in [-0.39, 0.29) is 52.1 Å². The average Bonchev–Trinajstić information content (AvgIpc) is 3.27. The summed E-state index contributed by atoms with van der Waals surface area (Å²) in [6.07, 6.45) is 6.83. The fourth-order valence-corrected chi connectivity index (χ4v) is 7.82. The molecule has 0 radical (unpaired) electrons. The fourth-order valence-electron chi connectivity index (χ4n) is 7.06. The smallest absolute Gasteiger partial charge is 0.317 e. The highest BCUT2D eigenvalue weighted by Gasteiger charge is 2.63. The first-order valence-corrected chi connectivity index (χ1v) is 15.7. The largest absolute Gasteiger partial charge is 0.490 e. The molecule has 1 aliphatic carbocycles. The molecule has 2 saturated heterocycles. The molecule has 8 nitrogen and oxygen atoms in total. The zero-order chi connectivity index (χ0) is 30.5. The molecule has 4 amide bonds. The third-order valence-electron chi connectivity index (χ3n) is 9.00. The second kappa shape index (κ2) is 11.8. The van der Waals surface area contributed by atoms with Gasteiger partial charge in [-0.2, -0.15) is 0 Å². The highest BCUT2D eigenvalue weighted by atomic mass is 79.9. The molecular formula is C31H30BrCl2FN4O4. The molecule has 12 heteroatoms. The minimum atomic E-state index is -1.40. The third-order valence-corrected chi connectivity index (χ3v) is 10.1. The Morgan fingerprint density at radius 3 is 2.65 bits per heavy atom. The predicted molar refractivity (Wildman–Crippen MR) is 166 cm³/mol. The number of allylic oxidation sites excluding steroid dienone is 4. The van der Waals surface area contributed by atoms with Crippen LogP contribution in [0.1, 0.15) is 42.9 Å². The highest BCUT2D eigenvalue weighted by Crippen LogP contribution is 2.59. The van der Waals surface area contributed by atoms with Crippen LogP contribution in [0.2, 0.25) is 5.02 Å². The first-order valence-electron chi connectivity index (χ1n) is 14.2. The quantitative estimate of drug-likeness (QED) is 0.356. The van der Waals surface area contributed by atoms with Crippen LogP contribution in [0.4, 0.5) is 14.9 Å². The average molecular weight is 692 g/mol. The summed E-state index contributed by atoms with van der Waals surface area (Å²) < 4.78 is 23.1. The van der Waals surface area contributed by atoms with E-state index in [0.717, 1.165) is 0 Å². The number of fused-ring (bicyclic) bond motifs is 2. The van der Waals surface area contributed by atoms with Gasteiger partial charge in [0.15, 0.2) is 0 Å². The highest BCUT2D eigenvalue weighted by molar-refractivity contribution is 9.10. The van der Waals surface area contributed by atoms with Crippen molar-refractivity contribution in [3.63, 3.8) is 0 Å². The van der Waals surface area contributed by atoms with E-state index >= 15 is 4.39 Å². The summed E-state index contributed by atoms with van der Waals surface area (Å²) in [5.74, 6) is -1.89. The van der Waals surface area contributed by atoms with Gasteiger partial charge in [0.2, 0.25) is 11.8 Å². The Hall–Kier alpha value is -3.08. The van der Waals surface area contributed by atoms with Gasteiger partial charge >= 0.3 is 6.03 Å². The second-order valence-corrected chi connectivity index (χ2v) is 13.1. The van der Waals surface area contributed by atoms with Crippen molar-refractivity contribution in [3.8, 4) is 5.75 Å². The van der Waals surface area contributed by atoms with E-state index < -0.39 is 23.2 Å². The maximum atomic E-state index is 16.4. The number of nitrogens with zero attached hydrogens (tertiary/aromatic N) is 1. The number of piperidine rings is 2. The van der Waals surface area contributed by atoms with Gasteiger partial charge in [-0.15, -0.1) is 0 Å². The monoisotopic (exact) mass is 690 g/mol. The summed E-state index contributed by atoms with van der Waals surface area (Å²) in [6, 6.07) is 7.09. The number of ether oxygens (including phenoxy) is 1. The Kier molecular flexibility index (Phi) is 8.21. The van der Waals surface area contributed by atoms with Crippen LogP contribution in [-0.2, 0) is 15.0 Å². The molecule has 6 rings (SSSR count). The van der Waals surface area contributed by atoms with E-state index in [4.69, 9.17) is 27.9 Å². The molecule has 3 aliphatic heterocycles. The number of amides is 4. The molecule has 0 bridgehead atoms. The maximum absolute atomic E-state index is 16.4. The molecule has 4 aliphatic rings. The molecule has 2 aromatic rings. The van der Waals surface area contributed by atoms with E-state index in [1.165, 1.54) is 0 Å². The molecule has 4 atom stereocenters. The third kappa shape index (κ3) is 5.21. The van der Waals surface area contributed by atoms with Crippen LogP contribution in [0, 0.1) is 17.7 Å². The molecule has 43 heavy (non-hydrogen) atoms. The molecule has 1 spiro atoms. The number of halogens is 4. The molecule has 3 heterocycles. The lowest BCUT2D eigenvalue weighted by molar-refractivity contribution is -0.135. The van der Waals surface area contributed by atoms with Crippen molar-refractivity contribution in [2.45, 2.75) is 43.2 Å². The van der Waals surface area contributed by atoms with Crippen molar-refractivity contribution in [1.82, 2.24) is 15.5 Å². The van der Waals surface area contributed by atoms with Crippen molar-refractivity contribution in [2.75, 3.05) is 25.5 Å². The van der Waals surface area contributed by atoms with Gasteiger partial charge in [0.05, 0.1) is 16.1 Å². The number of hydrogen-bond acceptors (Lipinski definition) is 4. The Balaban J connectivity index is 1.48. The Bertz CT molecular complexity index is 1560. The molecular weight excluding hydrogens is 662 g/mol. The van der Waals surface area contributed by atoms with Crippen LogP contribution < -0.4 is 20.7 Å². The molecule has 226 valence electrons. The van der Waals surface area contributed by atoms with Gasteiger partial charge in [-0.05, 0) is 70.1 Å². The van der Waals surface area contributed by atoms with Gasteiger partial charge in [-0.25, -0.2) is 9.18 Å². The van der Waals surface area contributed by atoms with Crippen LogP contribution in [-0.4, -0.2) is 49.0 Å². The van der Waals surface area contributed by atoms with E-state index in [1.807, 2.05) is 12.2 Å². The van der Waals surface area contributed by atoms with Crippen LogP contribution in [0.25, 0.3) is 0 Å². The minimum Gasteiger partial charge on any atom is -0.490 e. The number of urea groups is 1. The van der Waals surface area contributed by atoms with E-state index in [2.05, 4.69) is 31.9 Å². The molecule has 2 aromatic carbocycles. The van der Waals surface area contributed by atoms with Gasteiger partial charge in [0, 0.05) is 55.1 Å². The van der Waals surface area contributed by atoms with Crippen LogP contribution in [0.5, 0.6) is 5.75 Å². The predicted octanol–water partition coefficient (Wildman–Crippen LogP) is 6.19. The molecule has 2 fully saturated rings. The normalized spacial score (nSPS) is 27.0. The van der Waals surface area contributed by atoms with Crippen LogP contribution in [0.3, 0.4) is 0 Å². The van der Waals surface area contributed by atoms with E-state index in [0.29, 0.717) is 53.7 Å². The number of nitrogens with one attached hydrogen (secondary N) is 3. The summed E-state index contributed by atoms with van der Waals surface area (Å²) >= 11 is 16.1. The second-order valence-electron chi connectivity index (χ2n) is 11.3. The van der Waals surface area contributed by atoms with Crippen molar-refractivity contribution < 1.29 is 23.5 Å². The number of rotatable bonds is 4. The van der Waals surface area contributed by atoms with Crippen molar-refractivity contribution in [2.24, 2.45) is 11.8 Å². The number of likely N-dealkylation sites (tertiary alicyclic amines) is 1. The first-order chi connectivity index (χ1) is 20.6. The van der Waals surface area contributed by atoms with Crippen molar-refractivity contribution >= 4 is 62.7 Å². The summed E-state index contributed by atoms with van der Waals surface area (Å²) in [4.78, 5) is 41.6. The maximum Gasteiger partial charge on any atom is 0.317 e. The van der Waals surface area contributed by atoms with Gasteiger partial charge in [0.1, 0.15) is 23.1 Å². The van der Waals surface area contributed by atoms with Crippen LogP contribution in [0.15, 0.2) is 58.1 Å². The molecule has 0 aromatic heterocycles. The number of anilines is 1. The Morgan fingerprint density at radius 2 is 1.93 bits per heavy atom. The summed E-state index contributed by atoms with van der Waals surface area (Å²) in [5, 5.41) is 9.67. The van der Waals surface area contributed by atoms with Gasteiger partial charge in [-0.3, -0.25) is 9.59 Å². The topological polar surface area (TPSA) is 99.8 Å². The lowest BCUT2D eigenvalue weighted by Crippen LogP contribution is -2.59. The van der Waals surface area contributed by atoms with Crippen molar-refractivity contribution in [1.29, 1.82) is 0 Å². The van der Waals surface area contributed by atoms with E-state index in [9.17, 15) is 14.4 Å². The summed E-state index contributed by atoms with van der Waals surface area (Å²) in [5.41, 5.74) is -0.176. The molecule has 3 N–H and O–H groups in total. The van der Waals surface area contributed by atoms with Gasteiger partial charge < -0.3 is 25.6 Å². The minimum absolute atomic E-state index is 0.0366. The SMILES string of the molecule is CNC(=O)N1CCC(Oc2ccc(Br)c(F)c2[C@@H]2NC(=O)C[C@@H](C3C=CC=C(Cl)C3)[C@]23C(=O)Nc2cc(Cl)ccc23)CC1. The fraction of sp³-hybridized carbons (Fsp3) is 0.387. The zero-order valence-corrected chi connectivity index (χ0v) is 26.4. The lowest BCUT2D eigenvalue weighted by atomic mass is 9.57. The number of carbonyl (C=O) groups is 3. The number of hydrogen-bond donors (Lipinski definition) is 3. The lowest BCUT2D eigenvalue weighted by Gasteiger charge is -2.49. The Morgan fingerprint density at radius 1 is 1.16 bits per heavy atom. The Labute approximate surface area is 267 Å². The summed E-state index contributed by atoms with van der Waals surface area (Å²) in [6.45, 7) is 0.952. The summed E-state index contributed by atoms with van der Waals surface area (Å²) in [7, 11) is 1.59. The zero-order valence-electron chi connectivity index (χ0n) is 23.3. The number of carbonyl (C=O) groups excluding carboxylic acids is 3. The standard InChI is InChI=1S/C31H30BrCl2FN4O4/c1-36-30(42)39-11-9-19(10-12-39)43-24-8-7-22(32)27(35)26(24)28-31(20-6-5-18(34)14-23(20)37-29(31)41)21(15-25(40)38-28)16-3-2-4-17(33)13-16/h2-8,14,16,19,21,28H,9-13,15H2,1H3,(H,36,42)(H,37,41)(H,38,40)/t16?,21-,28-,31-/m0/s1. The molecule has 1 unspecified atom stereocenters. The van der Waals surface area contributed by atoms with E-state index in [1.54, 1.807) is 48.4 Å². The van der Waals surface area contributed by atoms with Gasteiger partial charge in [0.25, 0.3) is 0 Å². The van der Waals surface area contributed by atoms with Gasteiger partial charge in [-0.1, -0.05) is 41.4 Å². The molecule has 0 saturated carbocycles. The first kappa shape index (κ1) is 30.0.